The molecule has 0 radical (unpaired) electrons. The Morgan fingerprint density at radius 3 is 2.50 bits per heavy atom. The van der Waals surface area contributed by atoms with Crippen LogP contribution in [-0.4, -0.2) is 9.97 Å². The van der Waals surface area contributed by atoms with Gasteiger partial charge in [-0.2, -0.15) is 0 Å². The lowest BCUT2D eigenvalue weighted by atomic mass is 9.99. The van der Waals surface area contributed by atoms with Crippen molar-refractivity contribution < 1.29 is 0 Å². The molecule has 0 fully saturated rings. The SMILES string of the molecule is CC(C)c1ccnc2ccccc12.Cc1ccc2ccncc2c1. The first kappa shape index (κ1) is 16.1. The number of rotatable bonds is 1. The molecule has 4 rings (SSSR count). The van der Waals surface area contributed by atoms with Crippen molar-refractivity contribution in [1.82, 2.24) is 9.97 Å². The second-order valence-corrected chi connectivity index (χ2v) is 6.30. The predicted molar refractivity (Wildman–Crippen MR) is 102 cm³/mol. The summed E-state index contributed by atoms with van der Waals surface area (Å²) in [6.07, 6.45) is 5.59. The molecule has 120 valence electrons. The lowest BCUT2D eigenvalue weighted by molar-refractivity contribution is 0.874. The molecular formula is C22H22N2. The predicted octanol–water partition coefficient (Wildman–Crippen LogP) is 5.90. The first-order valence-corrected chi connectivity index (χ1v) is 8.29. The fourth-order valence-corrected chi connectivity index (χ4v) is 2.83. The molecule has 2 aromatic heterocycles. The standard InChI is InChI=1S/C12H13N.C10H9N/c1-9(2)10-7-8-13-12-6-4-3-5-11(10)12;1-8-2-3-9-4-5-11-7-10(9)6-8/h3-9H,1-2H3;2-7H,1H3. The number of hydrogen-bond donors (Lipinski definition) is 0. The largest absolute Gasteiger partial charge is 0.264 e. The van der Waals surface area contributed by atoms with Gasteiger partial charge in [0.15, 0.2) is 0 Å². The van der Waals surface area contributed by atoms with E-state index in [1.54, 1.807) is 0 Å². The Morgan fingerprint density at radius 1 is 0.833 bits per heavy atom. The zero-order chi connectivity index (χ0) is 16.9. The molecule has 0 N–H and O–H groups in total. The maximum atomic E-state index is 4.32. The van der Waals surface area contributed by atoms with Gasteiger partial charge >= 0.3 is 0 Å². The summed E-state index contributed by atoms with van der Waals surface area (Å²) in [4.78, 5) is 8.38. The Balaban J connectivity index is 0.000000143. The third-order valence-electron chi connectivity index (χ3n) is 4.10. The molecule has 2 aromatic carbocycles. The molecule has 4 aromatic rings. The number of aryl methyl sites for hydroxylation is 1. The number of aromatic nitrogens is 2. The number of nitrogens with zero attached hydrogens (tertiary/aromatic N) is 2. The lowest BCUT2D eigenvalue weighted by Gasteiger charge is -2.08. The van der Waals surface area contributed by atoms with Crippen molar-refractivity contribution in [3.63, 3.8) is 0 Å². The van der Waals surface area contributed by atoms with Crippen molar-refractivity contribution in [2.45, 2.75) is 26.7 Å². The Hall–Kier alpha value is -2.74. The zero-order valence-electron chi connectivity index (χ0n) is 14.4. The molecule has 24 heavy (non-hydrogen) atoms. The highest BCUT2D eigenvalue weighted by Gasteiger charge is 2.03. The summed E-state index contributed by atoms with van der Waals surface area (Å²) < 4.78 is 0. The average molecular weight is 314 g/mol. The van der Waals surface area contributed by atoms with Gasteiger partial charge in [-0.3, -0.25) is 9.97 Å². The minimum atomic E-state index is 0.563. The smallest absolute Gasteiger partial charge is 0.0704 e. The van der Waals surface area contributed by atoms with Crippen LogP contribution in [-0.2, 0) is 0 Å². The molecule has 0 atom stereocenters. The van der Waals surface area contributed by atoms with Crippen LogP contribution in [0.4, 0.5) is 0 Å². The number of fused-ring (bicyclic) bond motifs is 2. The normalized spacial score (nSPS) is 10.7. The third kappa shape index (κ3) is 3.60. The Labute approximate surface area is 143 Å². The Bertz CT molecular complexity index is 953. The molecule has 2 heterocycles. The van der Waals surface area contributed by atoms with E-state index in [0.717, 1.165) is 5.52 Å². The van der Waals surface area contributed by atoms with E-state index in [1.807, 2.05) is 30.7 Å². The van der Waals surface area contributed by atoms with E-state index in [-0.39, 0.29) is 0 Å². The van der Waals surface area contributed by atoms with Crippen LogP contribution in [0.25, 0.3) is 21.7 Å². The molecule has 0 aliphatic rings. The van der Waals surface area contributed by atoms with Crippen molar-refractivity contribution in [1.29, 1.82) is 0 Å². The molecular weight excluding hydrogens is 292 g/mol. The van der Waals surface area contributed by atoms with Crippen LogP contribution in [0.15, 0.2) is 73.2 Å². The van der Waals surface area contributed by atoms with Crippen molar-refractivity contribution in [2.75, 3.05) is 0 Å². The van der Waals surface area contributed by atoms with E-state index in [2.05, 4.69) is 73.2 Å². The van der Waals surface area contributed by atoms with Crippen LogP contribution in [0.5, 0.6) is 0 Å². The number of benzene rings is 2. The number of para-hydroxylation sites is 1. The van der Waals surface area contributed by atoms with Crippen LogP contribution < -0.4 is 0 Å². The maximum absolute atomic E-state index is 4.32. The molecule has 0 aliphatic carbocycles. The Kier molecular flexibility index (Phi) is 4.85. The summed E-state index contributed by atoms with van der Waals surface area (Å²) in [7, 11) is 0. The van der Waals surface area contributed by atoms with E-state index < -0.39 is 0 Å². The van der Waals surface area contributed by atoms with Gasteiger partial charge in [-0.25, -0.2) is 0 Å². The first-order chi connectivity index (χ1) is 11.6. The lowest BCUT2D eigenvalue weighted by Crippen LogP contribution is -1.90. The van der Waals surface area contributed by atoms with Crippen molar-refractivity contribution in [3.8, 4) is 0 Å². The molecule has 2 nitrogen and oxygen atoms in total. The maximum Gasteiger partial charge on any atom is 0.0704 e. The highest BCUT2D eigenvalue weighted by molar-refractivity contribution is 5.82. The van der Waals surface area contributed by atoms with E-state index >= 15 is 0 Å². The van der Waals surface area contributed by atoms with Gasteiger partial charge in [0.1, 0.15) is 0 Å². The van der Waals surface area contributed by atoms with E-state index in [4.69, 9.17) is 0 Å². The van der Waals surface area contributed by atoms with Crippen molar-refractivity contribution >= 4 is 21.7 Å². The minimum Gasteiger partial charge on any atom is -0.264 e. The highest BCUT2D eigenvalue weighted by atomic mass is 14.6. The van der Waals surface area contributed by atoms with Crippen LogP contribution in [0, 0.1) is 6.92 Å². The van der Waals surface area contributed by atoms with E-state index in [0.29, 0.717) is 5.92 Å². The van der Waals surface area contributed by atoms with Gasteiger partial charge in [-0.15, -0.1) is 0 Å². The van der Waals surface area contributed by atoms with E-state index in [9.17, 15) is 0 Å². The molecule has 0 bridgehead atoms. The summed E-state index contributed by atoms with van der Waals surface area (Å²) in [5.74, 6) is 0.563. The van der Waals surface area contributed by atoms with Gasteiger partial charge in [-0.05, 0) is 48.1 Å². The summed E-state index contributed by atoms with van der Waals surface area (Å²) in [5.41, 5.74) is 3.75. The topological polar surface area (TPSA) is 25.8 Å². The van der Waals surface area contributed by atoms with Gasteiger partial charge in [0.25, 0.3) is 0 Å². The number of hydrogen-bond acceptors (Lipinski definition) is 2. The molecule has 0 spiro atoms. The van der Waals surface area contributed by atoms with Crippen LogP contribution in [0.2, 0.25) is 0 Å². The summed E-state index contributed by atoms with van der Waals surface area (Å²) in [6.45, 7) is 6.51. The van der Waals surface area contributed by atoms with Gasteiger partial charge in [0, 0.05) is 29.4 Å². The van der Waals surface area contributed by atoms with Crippen molar-refractivity contribution in [2.24, 2.45) is 0 Å². The van der Waals surface area contributed by atoms with Crippen molar-refractivity contribution in [3.05, 3.63) is 84.3 Å². The highest BCUT2D eigenvalue weighted by Crippen LogP contribution is 2.23. The summed E-state index contributed by atoms with van der Waals surface area (Å²) >= 11 is 0. The fraction of sp³-hybridized carbons (Fsp3) is 0.182. The second kappa shape index (κ2) is 7.22. The molecule has 0 saturated carbocycles. The zero-order valence-corrected chi connectivity index (χ0v) is 14.4. The van der Waals surface area contributed by atoms with Gasteiger partial charge in [0.2, 0.25) is 0 Å². The minimum absolute atomic E-state index is 0.563. The summed E-state index contributed by atoms with van der Waals surface area (Å²) in [5, 5.41) is 3.75. The van der Waals surface area contributed by atoms with E-state index in [1.165, 1.54) is 27.3 Å². The fourth-order valence-electron chi connectivity index (χ4n) is 2.83. The average Bonchev–Trinajstić information content (AvgIpc) is 2.61. The quantitative estimate of drug-likeness (QED) is 0.437. The van der Waals surface area contributed by atoms with Gasteiger partial charge < -0.3 is 0 Å². The Morgan fingerprint density at radius 2 is 1.67 bits per heavy atom. The molecule has 0 amide bonds. The van der Waals surface area contributed by atoms with Gasteiger partial charge in [0.05, 0.1) is 5.52 Å². The van der Waals surface area contributed by atoms with Crippen LogP contribution >= 0.6 is 0 Å². The van der Waals surface area contributed by atoms with Crippen LogP contribution in [0.1, 0.15) is 30.9 Å². The molecule has 0 aliphatic heterocycles. The second-order valence-electron chi connectivity index (χ2n) is 6.30. The monoisotopic (exact) mass is 314 g/mol. The molecule has 0 saturated heterocycles. The molecule has 2 heteroatoms. The third-order valence-corrected chi connectivity index (χ3v) is 4.10. The van der Waals surface area contributed by atoms with Gasteiger partial charge in [-0.1, -0.05) is 49.7 Å². The number of pyridine rings is 2. The molecule has 0 unspecified atom stereocenters. The summed E-state index contributed by atoms with van der Waals surface area (Å²) in [6, 6.07) is 18.8. The first-order valence-electron chi connectivity index (χ1n) is 8.29. The van der Waals surface area contributed by atoms with Crippen LogP contribution in [0.3, 0.4) is 0 Å².